The van der Waals surface area contributed by atoms with Gasteiger partial charge >= 0.3 is 0 Å². The monoisotopic (exact) mass is 301 g/mol. The zero-order chi connectivity index (χ0) is 12.1. The normalized spacial score (nSPS) is 24.4. The molecule has 2 rings (SSSR count). The fraction of sp³-hybridized carbons (Fsp3) is 0.692. The fourth-order valence-electron chi connectivity index (χ4n) is 2.51. The Balaban J connectivity index is 2.03. The molecule has 0 amide bonds. The highest BCUT2D eigenvalue weighted by Crippen LogP contribution is 2.63. The Kier molecular flexibility index (Phi) is 3.01. The lowest BCUT2D eigenvalue weighted by molar-refractivity contribution is 0.457. The molecule has 1 atom stereocenters. The van der Waals surface area contributed by atoms with E-state index in [1.807, 2.05) is 11.3 Å². The Morgan fingerprint density at radius 3 is 2.19 bits per heavy atom. The zero-order valence-corrected chi connectivity index (χ0v) is 13.0. The van der Waals surface area contributed by atoms with Crippen molar-refractivity contribution in [1.82, 2.24) is 5.32 Å². The Labute approximate surface area is 111 Å². The number of rotatable bonds is 3. The van der Waals surface area contributed by atoms with Crippen LogP contribution < -0.4 is 5.32 Å². The lowest BCUT2D eigenvalue weighted by atomic mass is 10.0. The maximum atomic E-state index is 3.75. The van der Waals surface area contributed by atoms with Crippen molar-refractivity contribution in [2.75, 3.05) is 0 Å². The molecule has 1 fully saturated rings. The van der Waals surface area contributed by atoms with Crippen LogP contribution in [0, 0.1) is 10.8 Å². The lowest BCUT2D eigenvalue weighted by Gasteiger charge is -2.13. The maximum Gasteiger partial charge on any atom is 0.0701 e. The molecule has 0 spiro atoms. The highest BCUT2D eigenvalue weighted by molar-refractivity contribution is 9.11. The van der Waals surface area contributed by atoms with Gasteiger partial charge in [-0.15, -0.1) is 11.3 Å². The van der Waals surface area contributed by atoms with Gasteiger partial charge < -0.3 is 5.32 Å². The molecule has 1 aromatic rings. The Bertz CT molecular complexity index is 380. The van der Waals surface area contributed by atoms with Crippen molar-refractivity contribution in [1.29, 1.82) is 0 Å². The minimum absolute atomic E-state index is 0.412. The number of nitrogens with one attached hydrogen (secondary N) is 1. The van der Waals surface area contributed by atoms with Crippen molar-refractivity contribution in [2.45, 2.75) is 46.7 Å². The lowest BCUT2D eigenvalue weighted by Crippen LogP contribution is -2.25. The van der Waals surface area contributed by atoms with Crippen LogP contribution in [0.1, 0.15) is 45.5 Å². The van der Waals surface area contributed by atoms with Gasteiger partial charge in [-0.2, -0.15) is 0 Å². The van der Waals surface area contributed by atoms with E-state index in [9.17, 15) is 0 Å². The van der Waals surface area contributed by atoms with Crippen LogP contribution >= 0.6 is 27.3 Å². The number of thiophene rings is 1. The minimum atomic E-state index is 0.412. The molecule has 1 heterocycles. The summed E-state index contributed by atoms with van der Waals surface area (Å²) in [6, 6.07) is 5.40. The van der Waals surface area contributed by atoms with E-state index in [0.717, 1.165) is 0 Å². The summed E-state index contributed by atoms with van der Waals surface area (Å²) < 4.78 is 1.21. The van der Waals surface area contributed by atoms with Gasteiger partial charge in [0.05, 0.1) is 3.79 Å². The van der Waals surface area contributed by atoms with Gasteiger partial charge in [-0.25, -0.2) is 0 Å². The number of hydrogen-bond donors (Lipinski definition) is 1. The van der Waals surface area contributed by atoms with Crippen LogP contribution in [-0.2, 0) is 0 Å². The van der Waals surface area contributed by atoms with Gasteiger partial charge in [0, 0.05) is 17.0 Å². The Morgan fingerprint density at radius 2 is 1.81 bits per heavy atom. The molecule has 0 saturated heterocycles. The zero-order valence-electron chi connectivity index (χ0n) is 10.6. The van der Waals surface area contributed by atoms with E-state index in [2.05, 4.69) is 68.0 Å². The van der Waals surface area contributed by atoms with Crippen molar-refractivity contribution in [3.05, 3.63) is 20.8 Å². The molecule has 0 aromatic carbocycles. The standard InChI is InChI=1S/C13H20BrNS/c1-8(9-6-7-10(14)16-9)15-11-12(2,3)13(11,4)5/h6-8,11,15H,1-5H3. The van der Waals surface area contributed by atoms with Crippen LogP contribution in [-0.4, -0.2) is 6.04 Å². The van der Waals surface area contributed by atoms with Gasteiger partial charge in [-0.3, -0.25) is 0 Å². The summed E-state index contributed by atoms with van der Waals surface area (Å²) in [6.45, 7) is 11.6. The second-order valence-corrected chi connectivity index (χ2v) is 8.40. The van der Waals surface area contributed by atoms with Crippen molar-refractivity contribution in [2.24, 2.45) is 10.8 Å². The molecule has 1 saturated carbocycles. The molecule has 0 radical (unpaired) electrons. The molecule has 16 heavy (non-hydrogen) atoms. The van der Waals surface area contributed by atoms with Crippen LogP contribution in [0.2, 0.25) is 0 Å². The third kappa shape index (κ3) is 1.87. The smallest absolute Gasteiger partial charge is 0.0701 e. The largest absolute Gasteiger partial charge is 0.306 e. The van der Waals surface area contributed by atoms with E-state index in [0.29, 0.717) is 22.9 Å². The first-order chi connectivity index (χ1) is 7.26. The van der Waals surface area contributed by atoms with Crippen LogP contribution in [0.5, 0.6) is 0 Å². The van der Waals surface area contributed by atoms with Gasteiger partial charge in [0.2, 0.25) is 0 Å². The quantitative estimate of drug-likeness (QED) is 0.860. The summed E-state index contributed by atoms with van der Waals surface area (Å²) in [7, 11) is 0. The molecule has 1 unspecified atom stereocenters. The van der Waals surface area contributed by atoms with Crippen molar-refractivity contribution in [3.63, 3.8) is 0 Å². The van der Waals surface area contributed by atoms with Gasteiger partial charge in [0.15, 0.2) is 0 Å². The van der Waals surface area contributed by atoms with E-state index < -0.39 is 0 Å². The topological polar surface area (TPSA) is 12.0 Å². The predicted octanol–water partition coefficient (Wildman–Crippen LogP) is 4.60. The SMILES string of the molecule is CC(NC1C(C)(C)C1(C)C)c1ccc(Br)s1. The molecule has 1 aromatic heterocycles. The molecular formula is C13H20BrNS. The third-order valence-corrected chi connectivity index (χ3v) is 6.26. The second kappa shape index (κ2) is 3.82. The van der Waals surface area contributed by atoms with Gasteiger partial charge in [-0.05, 0) is 45.8 Å². The Morgan fingerprint density at radius 1 is 1.25 bits per heavy atom. The van der Waals surface area contributed by atoms with E-state index in [1.54, 1.807) is 0 Å². The van der Waals surface area contributed by atoms with Crippen LogP contribution in [0.4, 0.5) is 0 Å². The highest BCUT2D eigenvalue weighted by atomic mass is 79.9. The third-order valence-electron chi connectivity index (χ3n) is 4.46. The molecule has 1 aliphatic rings. The molecule has 90 valence electrons. The van der Waals surface area contributed by atoms with Crippen LogP contribution in [0.15, 0.2) is 15.9 Å². The molecule has 0 bridgehead atoms. The molecule has 3 heteroatoms. The van der Waals surface area contributed by atoms with E-state index in [-0.39, 0.29) is 0 Å². The van der Waals surface area contributed by atoms with Gasteiger partial charge in [0.1, 0.15) is 0 Å². The van der Waals surface area contributed by atoms with Gasteiger partial charge in [-0.1, -0.05) is 27.7 Å². The first-order valence-electron chi connectivity index (χ1n) is 5.78. The first-order valence-corrected chi connectivity index (χ1v) is 7.39. The number of halogens is 1. The average Bonchev–Trinajstić information content (AvgIpc) is 2.58. The summed E-state index contributed by atoms with van der Waals surface area (Å²) in [5, 5.41) is 3.75. The van der Waals surface area contributed by atoms with Crippen molar-refractivity contribution >= 4 is 27.3 Å². The fourth-order valence-corrected chi connectivity index (χ4v) is 3.94. The summed E-state index contributed by atoms with van der Waals surface area (Å²) in [4.78, 5) is 1.41. The highest BCUT2D eigenvalue weighted by Gasteiger charge is 2.64. The minimum Gasteiger partial charge on any atom is -0.306 e. The van der Waals surface area contributed by atoms with Crippen LogP contribution in [0.3, 0.4) is 0 Å². The van der Waals surface area contributed by atoms with Crippen LogP contribution in [0.25, 0.3) is 0 Å². The van der Waals surface area contributed by atoms with Crippen molar-refractivity contribution < 1.29 is 0 Å². The summed E-state index contributed by atoms with van der Waals surface area (Å²) in [5.74, 6) is 0. The molecule has 1 N–H and O–H groups in total. The maximum absolute atomic E-state index is 3.75. The molecule has 1 nitrogen and oxygen atoms in total. The van der Waals surface area contributed by atoms with Crippen molar-refractivity contribution in [3.8, 4) is 0 Å². The van der Waals surface area contributed by atoms with Gasteiger partial charge in [0.25, 0.3) is 0 Å². The predicted molar refractivity (Wildman–Crippen MR) is 74.9 cm³/mol. The summed E-state index contributed by atoms with van der Waals surface area (Å²) in [6.07, 6.45) is 0. The molecule has 0 aliphatic heterocycles. The first kappa shape index (κ1) is 12.6. The number of hydrogen-bond acceptors (Lipinski definition) is 2. The molecule has 1 aliphatic carbocycles. The second-order valence-electron chi connectivity index (χ2n) is 5.91. The summed E-state index contributed by atoms with van der Waals surface area (Å²) >= 11 is 5.34. The van der Waals surface area contributed by atoms with E-state index >= 15 is 0 Å². The summed E-state index contributed by atoms with van der Waals surface area (Å²) in [5.41, 5.74) is 0.825. The average molecular weight is 302 g/mol. The van der Waals surface area contributed by atoms with E-state index in [4.69, 9.17) is 0 Å². The van der Waals surface area contributed by atoms with E-state index in [1.165, 1.54) is 8.66 Å². The Hall–Kier alpha value is 0.140. The molecular weight excluding hydrogens is 282 g/mol.